The summed E-state index contributed by atoms with van der Waals surface area (Å²) in [6.07, 6.45) is 1.36. The molecule has 0 aliphatic rings. The lowest BCUT2D eigenvalue weighted by Crippen LogP contribution is -2.33. The number of Topliss-reactive ketones (excluding diaryl/α,β-unsaturated/α-hetero) is 1. The van der Waals surface area contributed by atoms with Crippen LogP contribution in [-0.4, -0.2) is 48.7 Å². The summed E-state index contributed by atoms with van der Waals surface area (Å²) in [7, 11) is 3.74. The minimum atomic E-state index is -0.526. The standard InChI is InChI=1S/C15H19N3O4/c1-11(19)14(15(20)16-7-8-17(2)3)10-12-5-4-6-13(9-12)18(21)22/h4-6,9-10H,7-8H2,1-3H3,(H,16,20)/b14-10+. The van der Waals surface area contributed by atoms with Gasteiger partial charge in [0.1, 0.15) is 0 Å². The minimum absolute atomic E-state index is 0.0285. The van der Waals surface area contributed by atoms with Crippen molar-refractivity contribution in [3.8, 4) is 0 Å². The predicted octanol–water partition coefficient (Wildman–Crippen LogP) is 1.24. The van der Waals surface area contributed by atoms with Crippen LogP contribution in [0.4, 0.5) is 5.69 Å². The molecule has 7 heteroatoms. The van der Waals surface area contributed by atoms with Gasteiger partial charge in [-0.25, -0.2) is 0 Å². The van der Waals surface area contributed by atoms with E-state index in [-0.39, 0.29) is 11.3 Å². The molecule has 0 aliphatic carbocycles. The van der Waals surface area contributed by atoms with E-state index in [1.807, 2.05) is 19.0 Å². The Morgan fingerprint density at radius 1 is 1.36 bits per heavy atom. The van der Waals surface area contributed by atoms with Crippen molar-refractivity contribution in [2.75, 3.05) is 27.2 Å². The van der Waals surface area contributed by atoms with Crippen LogP contribution in [0.5, 0.6) is 0 Å². The highest BCUT2D eigenvalue weighted by atomic mass is 16.6. The van der Waals surface area contributed by atoms with Crippen molar-refractivity contribution in [2.24, 2.45) is 0 Å². The molecule has 0 heterocycles. The highest BCUT2D eigenvalue weighted by Crippen LogP contribution is 2.16. The molecule has 7 nitrogen and oxygen atoms in total. The lowest BCUT2D eigenvalue weighted by molar-refractivity contribution is -0.384. The van der Waals surface area contributed by atoms with Gasteiger partial charge in [0.25, 0.3) is 11.6 Å². The number of nitro groups is 1. The van der Waals surface area contributed by atoms with Gasteiger partial charge in [-0.3, -0.25) is 19.7 Å². The van der Waals surface area contributed by atoms with Gasteiger partial charge < -0.3 is 10.2 Å². The van der Waals surface area contributed by atoms with Gasteiger partial charge in [-0.05, 0) is 32.7 Å². The van der Waals surface area contributed by atoms with Crippen molar-refractivity contribution in [1.29, 1.82) is 0 Å². The van der Waals surface area contributed by atoms with Crippen LogP contribution in [0.3, 0.4) is 0 Å². The molecule has 0 saturated heterocycles. The van der Waals surface area contributed by atoms with Crippen LogP contribution < -0.4 is 5.32 Å². The van der Waals surface area contributed by atoms with Gasteiger partial charge in [0.15, 0.2) is 5.78 Å². The Morgan fingerprint density at radius 2 is 2.05 bits per heavy atom. The Bertz CT molecular complexity index is 609. The maximum absolute atomic E-state index is 12.0. The molecule has 1 rings (SSSR count). The summed E-state index contributed by atoms with van der Waals surface area (Å²) < 4.78 is 0. The third-order valence-corrected chi connectivity index (χ3v) is 2.86. The van der Waals surface area contributed by atoms with Crippen molar-refractivity contribution >= 4 is 23.5 Å². The summed E-state index contributed by atoms with van der Waals surface area (Å²) in [5.41, 5.74) is 0.311. The van der Waals surface area contributed by atoms with Crippen molar-refractivity contribution in [2.45, 2.75) is 6.92 Å². The number of rotatable bonds is 7. The van der Waals surface area contributed by atoms with E-state index < -0.39 is 16.6 Å². The van der Waals surface area contributed by atoms with Gasteiger partial charge in [0, 0.05) is 25.2 Å². The maximum atomic E-state index is 12.0. The van der Waals surface area contributed by atoms with Crippen LogP contribution in [0, 0.1) is 10.1 Å². The van der Waals surface area contributed by atoms with Crippen LogP contribution in [0.1, 0.15) is 12.5 Å². The second-order valence-corrected chi connectivity index (χ2v) is 5.03. The highest BCUT2D eigenvalue weighted by Gasteiger charge is 2.15. The maximum Gasteiger partial charge on any atom is 0.270 e. The molecule has 0 saturated carbocycles. The van der Waals surface area contributed by atoms with Gasteiger partial charge >= 0.3 is 0 Å². The zero-order valence-corrected chi connectivity index (χ0v) is 12.8. The molecule has 1 N–H and O–H groups in total. The summed E-state index contributed by atoms with van der Waals surface area (Å²) in [6.45, 7) is 2.34. The third-order valence-electron chi connectivity index (χ3n) is 2.86. The van der Waals surface area contributed by atoms with E-state index in [4.69, 9.17) is 0 Å². The first-order valence-corrected chi connectivity index (χ1v) is 6.71. The molecule has 0 spiro atoms. The molecule has 118 valence electrons. The number of nitrogens with zero attached hydrogens (tertiary/aromatic N) is 2. The fourth-order valence-electron chi connectivity index (χ4n) is 1.71. The van der Waals surface area contributed by atoms with E-state index in [0.29, 0.717) is 18.7 Å². The molecule has 1 amide bonds. The van der Waals surface area contributed by atoms with Gasteiger partial charge in [-0.1, -0.05) is 12.1 Å². The quantitative estimate of drug-likeness (QED) is 0.269. The Kier molecular flexibility index (Phi) is 6.40. The minimum Gasteiger partial charge on any atom is -0.351 e. The van der Waals surface area contributed by atoms with Crippen LogP contribution in [-0.2, 0) is 9.59 Å². The summed E-state index contributed by atoms with van der Waals surface area (Å²) in [6, 6.07) is 5.77. The molecule has 0 radical (unpaired) electrons. The molecule has 1 aromatic carbocycles. The Morgan fingerprint density at radius 3 is 2.59 bits per heavy atom. The van der Waals surface area contributed by atoms with E-state index in [9.17, 15) is 19.7 Å². The third kappa shape index (κ3) is 5.45. The number of non-ortho nitro benzene ring substituents is 1. The molecule has 22 heavy (non-hydrogen) atoms. The predicted molar refractivity (Wildman–Crippen MR) is 83.3 cm³/mol. The van der Waals surface area contributed by atoms with Crippen molar-refractivity contribution < 1.29 is 14.5 Å². The van der Waals surface area contributed by atoms with E-state index in [2.05, 4.69) is 5.32 Å². The highest BCUT2D eigenvalue weighted by molar-refractivity contribution is 6.21. The Labute approximate surface area is 128 Å². The fourth-order valence-corrected chi connectivity index (χ4v) is 1.71. The number of carbonyl (C=O) groups excluding carboxylic acids is 2. The number of likely N-dealkylation sites (N-methyl/N-ethyl adjacent to an activating group) is 1. The van der Waals surface area contributed by atoms with Gasteiger partial charge in [0.2, 0.25) is 0 Å². The first-order chi connectivity index (χ1) is 10.3. The average Bonchev–Trinajstić information content (AvgIpc) is 2.44. The number of nitro benzene ring substituents is 1. The topological polar surface area (TPSA) is 92.5 Å². The number of carbonyl (C=O) groups is 2. The molecule has 0 fully saturated rings. The molecule has 0 aromatic heterocycles. The molecule has 0 aliphatic heterocycles. The zero-order valence-electron chi connectivity index (χ0n) is 12.8. The summed E-state index contributed by atoms with van der Waals surface area (Å²) in [4.78, 5) is 35.8. The van der Waals surface area contributed by atoms with Gasteiger partial charge in [0.05, 0.1) is 10.5 Å². The molecule has 1 aromatic rings. The van der Waals surface area contributed by atoms with Crippen molar-refractivity contribution in [3.63, 3.8) is 0 Å². The Hall–Kier alpha value is -2.54. The van der Waals surface area contributed by atoms with Crippen LogP contribution in [0.25, 0.3) is 6.08 Å². The molecule has 0 bridgehead atoms. The van der Waals surface area contributed by atoms with E-state index in [0.717, 1.165) is 0 Å². The van der Waals surface area contributed by atoms with Crippen LogP contribution >= 0.6 is 0 Å². The number of hydrogen-bond acceptors (Lipinski definition) is 5. The summed E-state index contributed by atoms with van der Waals surface area (Å²) >= 11 is 0. The number of amides is 1. The molecular weight excluding hydrogens is 286 g/mol. The van der Waals surface area contributed by atoms with Gasteiger partial charge in [-0.15, -0.1) is 0 Å². The van der Waals surface area contributed by atoms with Crippen molar-refractivity contribution in [3.05, 3.63) is 45.5 Å². The monoisotopic (exact) mass is 305 g/mol. The normalized spacial score (nSPS) is 11.4. The average molecular weight is 305 g/mol. The second-order valence-electron chi connectivity index (χ2n) is 5.03. The first-order valence-electron chi connectivity index (χ1n) is 6.71. The van der Waals surface area contributed by atoms with Crippen LogP contribution in [0.2, 0.25) is 0 Å². The van der Waals surface area contributed by atoms with Gasteiger partial charge in [-0.2, -0.15) is 0 Å². The lowest BCUT2D eigenvalue weighted by Gasteiger charge is -2.11. The Balaban J connectivity index is 2.95. The van der Waals surface area contributed by atoms with E-state index >= 15 is 0 Å². The number of ketones is 1. The number of nitrogens with one attached hydrogen (secondary N) is 1. The van der Waals surface area contributed by atoms with E-state index in [1.165, 1.54) is 31.2 Å². The number of hydrogen-bond donors (Lipinski definition) is 1. The van der Waals surface area contributed by atoms with E-state index in [1.54, 1.807) is 6.07 Å². The lowest BCUT2D eigenvalue weighted by atomic mass is 10.1. The first kappa shape index (κ1) is 17.5. The molecule has 0 unspecified atom stereocenters. The molecule has 0 atom stereocenters. The summed E-state index contributed by atoms with van der Waals surface area (Å²) in [5, 5.41) is 13.4. The number of benzene rings is 1. The largest absolute Gasteiger partial charge is 0.351 e. The zero-order chi connectivity index (χ0) is 16.7. The fraction of sp³-hybridized carbons (Fsp3) is 0.333. The molecular formula is C15H19N3O4. The SMILES string of the molecule is CC(=O)/C(=C\c1cccc([N+](=O)[O-])c1)C(=O)NCCN(C)C. The second kappa shape index (κ2) is 8.04. The smallest absolute Gasteiger partial charge is 0.270 e. The summed E-state index contributed by atoms with van der Waals surface area (Å²) in [5.74, 6) is -0.880. The van der Waals surface area contributed by atoms with Crippen LogP contribution in [0.15, 0.2) is 29.8 Å². The van der Waals surface area contributed by atoms with Crippen molar-refractivity contribution in [1.82, 2.24) is 10.2 Å².